The minimum absolute atomic E-state index is 0.0219. The summed E-state index contributed by atoms with van der Waals surface area (Å²) in [5, 5.41) is 6.79. The Balaban J connectivity index is 1.96. The van der Waals surface area contributed by atoms with E-state index < -0.39 is 0 Å². The number of anilines is 4. The van der Waals surface area contributed by atoms with Gasteiger partial charge in [-0.15, -0.1) is 0 Å². The highest BCUT2D eigenvalue weighted by molar-refractivity contribution is 6.00. The van der Waals surface area contributed by atoms with Gasteiger partial charge in [0, 0.05) is 23.7 Å². The Morgan fingerprint density at radius 3 is 1.81 bits per heavy atom. The van der Waals surface area contributed by atoms with Crippen LogP contribution in [0.5, 0.6) is 0 Å². The van der Waals surface area contributed by atoms with E-state index in [0.717, 1.165) is 28.4 Å². The van der Waals surface area contributed by atoms with Crippen molar-refractivity contribution in [3.05, 3.63) is 78.4 Å². The van der Waals surface area contributed by atoms with Crippen LogP contribution in [0.1, 0.15) is 17.3 Å². The first-order chi connectivity index (χ1) is 12.6. The minimum Gasteiger partial charge on any atom is -0.368 e. The second kappa shape index (κ2) is 7.66. The smallest absolute Gasteiger partial charge is 0.161 e. The summed E-state index contributed by atoms with van der Waals surface area (Å²) in [6, 6.07) is 23.2. The molecule has 3 rings (SSSR count). The molecule has 3 aromatic carbocycles. The zero-order valence-electron chi connectivity index (χ0n) is 14.9. The third-order valence-corrected chi connectivity index (χ3v) is 4.06. The molecular formula is C22H21N3O. The van der Waals surface area contributed by atoms with Crippen molar-refractivity contribution in [1.29, 1.82) is 0 Å². The van der Waals surface area contributed by atoms with Crippen molar-refractivity contribution in [3.63, 3.8) is 0 Å². The number of nitrogens with zero attached hydrogens (tertiary/aromatic N) is 1. The van der Waals surface area contributed by atoms with Crippen molar-refractivity contribution in [2.75, 3.05) is 17.7 Å². The molecule has 0 heterocycles. The number of rotatable bonds is 6. The van der Waals surface area contributed by atoms with Gasteiger partial charge in [0.15, 0.2) is 5.78 Å². The van der Waals surface area contributed by atoms with Crippen LogP contribution in [0.2, 0.25) is 0 Å². The molecule has 0 aromatic heterocycles. The molecule has 0 aliphatic rings. The van der Waals surface area contributed by atoms with Crippen LogP contribution in [0, 0.1) is 0 Å². The highest BCUT2D eigenvalue weighted by atomic mass is 16.1. The third kappa shape index (κ3) is 3.81. The number of hydrogen-bond acceptors (Lipinski definition) is 3. The zero-order chi connectivity index (χ0) is 18.5. The fourth-order valence-corrected chi connectivity index (χ4v) is 2.78. The van der Waals surface area contributed by atoms with Gasteiger partial charge in [-0.25, -0.2) is 0 Å². The second-order valence-electron chi connectivity index (χ2n) is 6.03. The average molecular weight is 343 g/mol. The van der Waals surface area contributed by atoms with Gasteiger partial charge in [0.1, 0.15) is 7.05 Å². The number of benzene rings is 3. The lowest BCUT2D eigenvalue weighted by Crippen LogP contribution is -2.03. The van der Waals surface area contributed by atoms with E-state index in [-0.39, 0.29) is 5.78 Å². The first kappa shape index (κ1) is 17.4. The molecule has 0 spiro atoms. The van der Waals surface area contributed by atoms with E-state index in [1.165, 1.54) is 0 Å². The Hall–Kier alpha value is -3.40. The summed E-state index contributed by atoms with van der Waals surface area (Å²) in [7, 11) is 1.80. The van der Waals surface area contributed by atoms with E-state index in [2.05, 4.69) is 10.6 Å². The highest BCUT2D eigenvalue weighted by Gasteiger charge is 2.09. The van der Waals surface area contributed by atoms with Crippen molar-refractivity contribution < 1.29 is 9.37 Å². The second-order valence-corrected chi connectivity index (χ2v) is 6.03. The summed E-state index contributed by atoms with van der Waals surface area (Å²) in [4.78, 5) is 11.9. The van der Waals surface area contributed by atoms with E-state index in [4.69, 9.17) is 6.72 Å². The van der Waals surface area contributed by atoms with E-state index in [9.17, 15) is 4.79 Å². The average Bonchev–Trinajstić information content (AvgIpc) is 2.64. The predicted molar refractivity (Wildman–Crippen MR) is 108 cm³/mol. The van der Waals surface area contributed by atoms with Gasteiger partial charge in [0.25, 0.3) is 0 Å². The van der Waals surface area contributed by atoms with Crippen LogP contribution in [0.3, 0.4) is 0 Å². The minimum atomic E-state index is 0.0219. The molecule has 0 bridgehead atoms. The van der Waals surface area contributed by atoms with Crippen molar-refractivity contribution in [2.24, 2.45) is 0 Å². The molecule has 0 aliphatic carbocycles. The molecule has 0 amide bonds. The molecule has 0 saturated carbocycles. The van der Waals surface area contributed by atoms with Crippen molar-refractivity contribution in [3.8, 4) is 0 Å². The van der Waals surface area contributed by atoms with E-state index >= 15 is 0 Å². The molecule has 3 aromatic rings. The fourth-order valence-electron chi connectivity index (χ4n) is 2.78. The van der Waals surface area contributed by atoms with Gasteiger partial charge < -0.3 is 15.2 Å². The highest BCUT2D eigenvalue weighted by Crippen LogP contribution is 2.32. The first-order valence-electron chi connectivity index (χ1n) is 8.37. The Kier molecular flexibility index (Phi) is 5.13. The van der Waals surface area contributed by atoms with Crippen LogP contribution in [-0.4, -0.2) is 24.1 Å². The lowest BCUT2D eigenvalue weighted by atomic mass is 10.1. The molecule has 0 aliphatic heterocycles. The van der Waals surface area contributed by atoms with Gasteiger partial charge in [0.05, 0.1) is 17.1 Å². The maximum atomic E-state index is 11.9. The van der Waals surface area contributed by atoms with E-state index in [1.807, 2.05) is 72.8 Å². The SMILES string of the molecule is [CH-]=[N+](C)c1ccccc1Nc1ccccc1Nc1ccccc1C(C)=O. The maximum Gasteiger partial charge on any atom is 0.161 e. The molecule has 0 radical (unpaired) electrons. The lowest BCUT2D eigenvalue weighted by molar-refractivity contribution is -0.393. The Labute approximate surface area is 153 Å². The molecule has 0 unspecified atom stereocenters. The molecule has 2 N–H and O–H groups in total. The summed E-state index contributed by atoms with van der Waals surface area (Å²) in [5.74, 6) is 0.0219. The standard InChI is InChI=1S/C22H21N3O/c1-16(26)17-10-4-5-11-18(17)23-19-12-6-7-13-20(19)24-21-14-8-9-15-22(21)25(2)3/h2,4-15,23-24H,1,3H3. The van der Waals surface area contributed by atoms with Gasteiger partial charge in [0.2, 0.25) is 0 Å². The van der Waals surface area contributed by atoms with Gasteiger partial charge in [-0.2, -0.15) is 0 Å². The number of para-hydroxylation sites is 5. The van der Waals surface area contributed by atoms with Crippen molar-refractivity contribution in [1.82, 2.24) is 0 Å². The van der Waals surface area contributed by atoms with Crippen LogP contribution in [-0.2, 0) is 0 Å². The quantitative estimate of drug-likeness (QED) is 0.279. The summed E-state index contributed by atoms with van der Waals surface area (Å²) in [6.07, 6.45) is 0. The molecule has 4 nitrogen and oxygen atoms in total. The van der Waals surface area contributed by atoms with Crippen LogP contribution >= 0.6 is 0 Å². The summed E-state index contributed by atoms with van der Waals surface area (Å²) in [5.41, 5.74) is 4.97. The Bertz CT molecular complexity index is 884. The summed E-state index contributed by atoms with van der Waals surface area (Å²) >= 11 is 0. The van der Waals surface area contributed by atoms with Gasteiger partial charge in [-0.3, -0.25) is 4.79 Å². The molecule has 0 fully saturated rings. The number of Topliss-reactive ketones (excluding diaryl/α,β-unsaturated/α-hetero) is 1. The normalized spacial score (nSPS) is 10.2. The van der Waals surface area contributed by atoms with Crippen LogP contribution < -0.4 is 10.6 Å². The summed E-state index contributed by atoms with van der Waals surface area (Å²) in [6.45, 7) is 7.49. The number of carbonyl (C=O) groups is 1. The fraction of sp³-hybridized carbons (Fsp3) is 0.0909. The van der Waals surface area contributed by atoms with E-state index in [1.54, 1.807) is 18.5 Å². The van der Waals surface area contributed by atoms with Gasteiger partial charge in [-0.1, -0.05) is 48.5 Å². The molecule has 26 heavy (non-hydrogen) atoms. The monoisotopic (exact) mass is 343 g/mol. The molecule has 4 heteroatoms. The van der Waals surface area contributed by atoms with Crippen LogP contribution in [0.15, 0.2) is 72.8 Å². The first-order valence-corrected chi connectivity index (χ1v) is 8.37. The maximum absolute atomic E-state index is 11.9. The number of carbonyl (C=O) groups excluding carboxylic acids is 1. The lowest BCUT2D eigenvalue weighted by Gasteiger charge is -2.18. The van der Waals surface area contributed by atoms with E-state index in [0.29, 0.717) is 5.56 Å². The zero-order valence-corrected chi connectivity index (χ0v) is 14.9. The molecular weight excluding hydrogens is 322 g/mol. The summed E-state index contributed by atoms with van der Waals surface area (Å²) < 4.78 is 1.57. The Morgan fingerprint density at radius 2 is 1.23 bits per heavy atom. The molecule has 0 saturated heterocycles. The topological polar surface area (TPSA) is 44.1 Å². The molecule has 130 valence electrons. The third-order valence-electron chi connectivity index (χ3n) is 4.06. The van der Waals surface area contributed by atoms with Gasteiger partial charge in [-0.05, 0) is 31.2 Å². The number of nitrogens with one attached hydrogen (secondary N) is 2. The number of ketones is 1. The largest absolute Gasteiger partial charge is 0.368 e. The van der Waals surface area contributed by atoms with Crippen molar-refractivity contribution >= 4 is 40.9 Å². The van der Waals surface area contributed by atoms with Crippen LogP contribution in [0.25, 0.3) is 0 Å². The predicted octanol–water partition coefficient (Wildman–Crippen LogP) is 5.23. The molecule has 0 atom stereocenters. The Morgan fingerprint density at radius 1 is 0.769 bits per heavy atom. The van der Waals surface area contributed by atoms with Gasteiger partial charge >= 0.3 is 0 Å². The van der Waals surface area contributed by atoms with Crippen molar-refractivity contribution in [2.45, 2.75) is 6.92 Å². The number of hydrogen-bond donors (Lipinski definition) is 2. The van der Waals surface area contributed by atoms with Crippen LogP contribution in [0.4, 0.5) is 28.4 Å².